The number of urea groups is 1. The Bertz CT molecular complexity index is 708. The number of hydrogen-bond donors (Lipinski definition) is 2. The molecule has 1 aliphatic heterocycles. The third-order valence-corrected chi connectivity index (χ3v) is 4.45. The minimum absolute atomic E-state index is 0.265. The molecule has 0 aliphatic carbocycles. The minimum atomic E-state index is -0.702. The molecule has 0 saturated carbocycles. The Morgan fingerprint density at radius 3 is 2.76 bits per heavy atom. The molecule has 132 valence electrons. The quantitative estimate of drug-likeness (QED) is 0.856. The van der Waals surface area contributed by atoms with Crippen LogP contribution in [0.3, 0.4) is 0 Å². The summed E-state index contributed by atoms with van der Waals surface area (Å²) in [5.41, 5.74) is 5.90. The first-order chi connectivity index (χ1) is 12.2. The SMILES string of the molecule is COc1ccc([C@]2(COc3cccnc3)CNCCN2C(N)=O)cc1. The molecule has 1 saturated heterocycles. The summed E-state index contributed by atoms with van der Waals surface area (Å²) in [5, 5.41) is 3.35. The number of pyridine rings is 1. The van der Waals surface area contributed by atoms with Gasteiger partial charge in [-0.3, -0.25) is 4.98 Å². The number of nitrogens with zero attached hydrogens (tertiary/aromatic N) is 2. The Morgan fingerprint density at radius 1 is 1.32 bits per heavy atom. The van der Waals surface area contributed by atoms with Gasteiger partial charge in [-0.05, 0) is 29.8 Å². The number of aromatic nitrogens is 1. The summed E-state index contributed by atoms with van der Waals surface area (Å²) < 4.78 is 11.2. The van der Waals surface area contributed by atoms with Gasteiger partial charge in [-0.15, -0.1) is 0 Å². The molecule has 2 heterocycles. The van der Waals surface area contributed by atoms with E-state index in [-0.39, 0.29) is 6.61 Å². The van der Waals surface area contributed by atoms with Crippen LogP contribution < -0.4 is 20.5 Å². The first-order valence-electron chi connectivity index (χ1n) is 8.11. The Morgan fingerprint density at radius 2 is 2.12 bits per heavy atom. The molecule has 7 nitrogen and oxygen atoms in total. The molecule has 2 amide bonds. The van der Waals surface area contributed by atoms with Gasteiger partial charge in [0.1, 0.15) is 23.6 Å². The lowest BCUT2D eigenvalue weighted by Crippen LogP contribution is -2.64. The molecule has 1 aromatic carbocycles. The molecule has 1 fully saturated rings. The van der Waals surface area contributed by atoms with E-state index in [2.05, 4.69) is 10.3 Å². The van der Waals surface area contributed by atoms with Crippen LogP contribution >= 0.6 is 0 Å². The second-order valence-electron chi connectivity index (χ2n) is 5.90. The van der Waals surface area contributed by atoms with Crippen molar-refractivity contribution in [2.45, 2.75) is 5.54 Å². The van der Waals surface area contributed by atoms with Gasteiger partial charge < -0.3 is 25.4 Å². The van der Waals surface area contributed by atoms with E-state index in [1.807, 2.05) is 30.3 Å². The zero-order valence-electron chi connectivity index (χ0n) is 14.1. The number of carbonyl (C=O) groups is 1. The van der Waals surface area contributed by atoms with Crippen LogP contribution in [0, 0.1) is 0 Å². The third kappa shape index (κ3) is 3.51. The van der Waals surface area contributed by atoms with Gasteiger partial charge in [0.05, 0.1) is 13.3 Å². The monoisotopic (exact) mass is 342 g/mol. The standard InChI is InChI=1S/C18H22N4O3/c1-24-15-6-4-14(5-7-15)18(12-21-9-10-22(18)17(19)23)13-25-16-3-2-8-20-11-16/h2-8,11,21H,9-10,12-13H2,1H3,(H2,19,23)/t18-/m1/s1. The maximum absolute atomic E-state index is 12.1. The highest BCUT2D eigenvalue weighted by Crippen LogP contribution is 2.32. The molecule has 1 aliphatic rings. The van der Waals surface area contributed by atoms with E-state index in [4.69, 9.17) is 15.2 Å². The topological polar surface area (TPSA) is 89.7 Å². The maximum atomic E-state index is 12.1. The van der Waals surface area contributed by atoms with Crippen LogP contribution in [0.1, 0.15) is 5.56 Å². The molecule has 7 heteroatoms. The molecular weight excluding hydrogens is 320 g/mol. The smallest absolute Gasteiger partial charge is 0.315 e. The minimum Gasteiger partial charge on any atom is -0.497 e. The van der Waals surface area contributed by atoms with Crippen molar-refractivity contribution >= 4 is 6.03 Å². The number of piperazine rings is 1. The highest BCUT2D eigenvalue weighted by molar-refractivity contribution is 5.73. The second-order valence-corrected chi connectivity index (χ2v) is 5.90. The van der Waals surface area contributed by atoms with E-state index in [1.54, 1.807) is 30.5 Å². The maximum Gasteiger partial charge on any atom is 0.315 e. The lowest BCUT2D eigenvalue weighted by Gasteiger charge is -2.46. The Kier molecular flexibility index (Phi) is 5.04. The lowest BCUT2D eigenvalue weighted by atomic mass is 9.87. The Hall–Kier alpha value is -2.80. The van der Waals surface area contributed by atoms with E-state index in [0.29, 0.717) is 25.4 Å². The molecule has 0 bridgehead atoms. The number of benzene rings is 1. The molecule has 1 atom stereocenters. The first kappa shape index (κ1) is 17.0. The average molecular weight is 342 g/mol. The van der Waals surface area contributed by atoms with Crippen molar-refractivity contribution in [1.82, 2.24) is 15.2 Å². The predicted octanol–water partition coefficient (Wildman–Crippen LogP) is 1.35. The number of hydrogen-bond acceptors (Lipinski definition) is 5. The molecule has 0 spiro atoms. The average Bonchev–Trinajstić information content (AvgIpc) is 2.67. The normalized spacial score (nSPS) is 20.1. The largest absolute Gasteiger partial charge is 0.497 e. The number of nitrogens with one attached hydrogen (secondary N) is 1. The van der Waals surface area contributed by atoms with Gasteiger partial charge in [0.15, 0.2) is 0 Å². The van der Waals surface area contributed by atoms with Crippen LogP contribution in [0.5, 0.6) is 11.5 Å². The first-order valence-corrected chi connectivity index (χ1v) is 8.11. The molecule has 1 aromatic heterocycles. The molecule has 2 aromatic rings. The van der Waals surface area contributed by atoms with Gasteiger partial charge in [-0.25, -0.2) is 4.79 Å². The highest BCUT2D eigenvalue weighted by atomic mass is 16.5. The molecular formula is C18H22N4O3. The van der Waals surface area contributed by atoms with E-state index < -0.39 is 11.6 Å². The second kappa shape index (κ2) is 7.40. The highest BCUT2D eigenvalue weighted by Gasteiger charge is 2.43. The summed E-state index contributed by atoms with van der Waals surface area (Å²) in [6, 6.07) is 10.8. The van der Waals surface area contributed by atoms with Crippen molar-refractivity contribution in [2.24, 2.45) is 5.73 Å². The van der Waals surface area contributed by atoms with Crippen molar-refractivity contribution < 1.29 is 14.3 Å². The number of ether oxygens (including phenoxy) is 2. The van der Waals surface area contributed by atoms with Crippen LogP contribution in [-0.4, -0.2) is 49.3 Å². The number of nitrogens with two attached hydrogens (primary N) is 1. The fraction of sp³-hybridized carbons (Fsp3) is 0.333. The number of primary amides is 1. The summed E-state index contributed by atoms with van der Waals surface area (Å²) in [6.45, 7) is 2.01. The summed E-state index contributed by atoms with van der Waals surface area (Å²) >= 11 is 0. The molecule has 0 unspecified atom stereocenters. The third-order valence-electron chi connectivity index (χ3n) is 4.45. The fourth-order valence-electron chi connectivity index (χ4n) is 3.12. The van der Waals surface area contributed by atoms with Crippen molar-refractivity contribution in [1.29, 1.82) is 0 Å². The van der Waals surface area contributed by atoms with Crippen LogP contribution in [0.4, 0.5) is 4.79 Å². The van der Waals surface area contributed by atoms with Gasteiger partial charge in [0, 0.05) is 25.8 Å². The fourth-order valence-corrected chi connectivity index (χ4v) is 3.12. The van der Waals surface area contributed by atoms with Crippen LogP contribution in [0.15, 0.2) is 48.8 Å². The van der Waals surface area contributed by atoms with Gasteiger partial charge in [-0.1, -0.05) is 12.1 Å². The van der Waals surface area contributed by atoms with Crippen molar-refractivity contribution in [3.8, 4) is 11.5 Å². The predicted molar refractivity (Wildman–Crippen MR) is 93.6 cm³/mol. The van der Waals surface area contributed by atoms with Gasteiger partial charge in [-0.2, -0.15) is 0 Å². The number of rotatable bonds is 5. The van der Waals surface area contributed by atoms with E-state index in [0.717, 1.165) is 11.3 Å². The van der Waals surface area contributed by atoms with Crippen LogP contribution in [0.2, 0.25) is 0 Å². The van der Waals surface area contributed by atoms with Crippen molar-refractivity contribution in [3.05, 3.63) is 54.4 Å². The molecule has 25 heavy (non-hydrogen) atoms. The number of methoxy groups -OCH3 is 1. The van der Waals surface area contributed by atoms with Crippen LogP contribution in [0.25, 0.3) is 0 Å². The van der Waals surface area contributed by atoms with Gasteiger partial charge in [0.25, 0.3) is 0 Å². The summed E-state index contributed by atoms with van der Waals surface area (Å²) in [5.74, 6) is 1.40. The van der Waals surface area contributed by atoms with Gasteiger partial charge in [0.2, 0.25) is 0 Å². The summed E-state index contributed by atoms with van der Waals surface area (Å²) in [7, 11) is 1.62. The summed E-state index contributed by atoms with van der Waals surface area (Å²) in [4.78, 5) is 17.8. The van der Waals surface area contributed by atoms with E-state index in [9.17, 15) is 4.79 Å². The Labute approximate surface area is 146 Å². The lowest BCUT2D eigenvalue weighted by molar-refractivity contribution is 0.0468. The van der Waals surface area contributed by atoms with Crippen molar-refractivity contribution in [2.75, 3.05) is 33.4 Å². The van der Waals surface area contributed by atoms with E-state index >= 15 is 0 Å². The van der Waals surface area contributed by atoms with Gasteiger partial charge >= 0.3 is 6.03 Å². The molecule has 3 N–H and O–H groups in total. The Balaban J connectivity index is 1.95. The summed E-state index contributed by atoms with van der Waals surface area (Å²) in [6.07, 6.45) is 3.33. The zero-order chi connectivity index (χ0) is 17.7. The molecule has 0 radical (unpaired) electrons. The van der Waals surface area contributed by atoms with E-state index in [1.165, 1.54) is 0 Å². The number of amides is 2. The van der Waals surface area contributed by atoms with Crippen molar-refractivity contribution in [3.63, 3.8) is 0 Å². The van der Waals surface area contributed by atoms with Crippen LogP contribution in [-0.2, 0) is 5.54 Å². The zero-order valence-corrected chi connectivity index (χ0v) is 14.1. The molecule has 3 rings (SSSR count). The number of carbonyl (C=O) groups excluding carboxylic acids is 1.